The fourth-order valence-corrected chi connectivity index (χ4v) is 9.61. The zero-order chi connectivity index (χ0) is 36.8. The first-order chi connectivity index (χ1) is 27.8. The molecule has 4 heteroatoms. The lowest BCUT2D eigenvalue weighted by Gasteiger charge is -2.30. The van der Waals surface area contributed by atoms with Gasteiger partial charge in [-0.3, -0.25) is 4.57 Å². The minimum atomic E-state index is -0.492. The number of rotatable bonds is 4. The summed E-state index contributed by atoms with van der Waals surface area (Å²) in [4.78, 5) is 15.5. The first-order valence-corrected chi connectivity index (χ1v) is 19.1. The van der Waals surface area contributed by atoms with Crippen LogP contribution in [0.2, 0.25) is 0 Å². The van der Waals surface area contributed by atoms with Crippen LogP contribution >= 0.6 is 0 Å². The predicted octanol–water partition coefficient (Wildman–Crippen LogP) is 12.3. The highest BCUT2D eigenvalue weighted by Crippen LogP contribution is 2.64. The standard InChI is InChI=1S/C52H32N4/c1-4-16-33(17-5-1)36-28-29-38-37-22-10-13-25-41(37)52(44(38)32-36)42-26-14-11-23-39(42)47-43(52)30-31-46-48(47)40-24-12-15-27-45(40)56(46)51-54-49(34-18-6-2-7-19-34)53-50(55-51)35-20-8-3-9-21-35/h1-32H. The van der Waals surface area contributed by atoms with E-state index in [4.69, 9.17) is 15.0 Å². The smallest absolute Gasteiger partial charge is 0.238 e. The Morgan fingerprint density at radius 3 is 1.61 bits per heavy atom. The molecule has 8 aromatic carbocycles. The van der Waals surface area contributed by atoms with Crippen molar-refractivity contribution < 1.29 is 0 Å². The molecule has 1 spiro atoms. The van der Waals surface area contributed by atoms with Crippen LogP contribution in [0.25, 0.3) is 83.9 Å². The molecule has 2 aliphatic carbocycles. The molecule has 1 atom stereocenters. The van der Waals surface area contributed by atoms with Crippen LogP contribution in [-0.2, 0) is 5.41 Å². The van der Waals surface area contributed by atoms with E-state index in [-0.39, 0.29) is 0 Å². The van der Waals surface area contributed by atoms with Crippen molar-refractivity contribution in [1.29, 1.82) is 0 Å². The quantitative estimate of drug-likeness (QED) is 0.182. The molecule has 0 fully saturated rings. The monoisotopic (exact) mass is 712 g/mol. The molecular formula is C52H32N4. The fraction of sp³-hybridized carbons (Fsp3) is 0.0192. The summed E-state index contributed by atoms with van der Waals surface area (Å²) in [6.07, 6.45) is 0. The van der Waals surface area contributed by atoms with Crippen molar-refractivity contribution in [3.05, 3.63) is 216 Å². The van der Waals surface area contributed by atoms with Gasteiger partial charge in [0.2, 0.25) is 5.95 Å². The molecule has 4 nitrogen and oxygen atoms in total. The summed E-state index contributed by atoms with van der Waals surface area (Å²) in [5.74, 6) is 1.87. The molecule has 0 saturated heterocycles. The molecule has 0 N–H and O–H groups in total. The zero-order valence-electron chi connectivity index (χ0n) is 30.3. The van der Waals surface area contributed by atoms with Crippen molar-refractivity contribution in [2.75, 3.05) is 0 Å². The summed E-state index contributed by atoms with van der Waals surface area (Å²) in [6, 6.07) is 69.7. The molecule has 1 unspecified atom stereocenters. The molecular weight excluding hydrogens is 681 g/mol. The SMILES string of the molecule is c1ccc(-c2ccc3c(c2)C2(c4ccccc4-3)c3ccccc3-c3c2ccc2c3c3ccccc3n2-c2nc(-c3ccccc3)nc(-c3ccccc3)n2)cc1. The van der Waals surface area contributed by atoms with Crippen LogP contribution < -0.4 is 0 Å². The highest BCUT2D eigenvalue weighted by Gasteiger charge is 2.52. The van der Waals surface area contributed by atoms with E-state index in [0.29, 0.717) is 17.6 Å². The number of aromatic nitrogens is 4. The summed E-state index contributed by atoms with van der Waals surface area (Å²) in [7, 11) is 0. The Bertz CT molecular complexity index is 3130. The van der Waals surface area contributed by atoms with E-state index in [0.717, 1.165) is 22.2 Å². The second-order valence-electron chi connectivity index (χ2n) is 14.7. The van der Waals surface area contributed by atoms with Gasteiger partial charge in [-0.05, 0) is 73.8 Å². The van der Waals surface area contributed by atoms with E-state index in [1.807, 2.05) is 36.4 Å². The molecule has 0 saturated carbocycles. The van der Waals surface area contributed by atoms with E-state index in [9.17, 15) is 0 Å². The minimum Gasteiger partial charge on any atom is -0.278 e. The molecule has 12 rings (SSSR count). The van der Waals surface area contributed by atoms with E-state index in [1.54, 1.807) is 0 Å². The Kier molecular flexibility index (Phi) is 6.52. The lowest BCUT2D eigenvalue weighted by Crippen LogP contribution is -2.25. The molecule has 0 aliphatic heterocycles. The van der Waals surface area contributed by atoms with E-state index in [1.165, 1.54) is 66.4 Å². The van der Waals surface area contributed by atoms with Crippen LogP contribution in [0.15, 0.2) is 194 Å². The molecule has 56 heavy (non-hydrogen) atoms. The van der Waals surface area contributed by atoms with Crippen molar-refractivity contribution in [1.82, 2.24) is 19.5 Å². The van der Waals surface area contributed by atoms with Gasteiger partial charge in [0.25, 0.3) is 0 Å². The first kappa shape index (κ1) is 31.0. The third-order valence-electron chi connectivity index (χ3n) is 11.9. The molecule has 2 aromatic heterocycles. The minimum absolute atomic E-state index is 0.492. The number of fused-ring (bicyclic) bond motifs is 14. The van der Waals surface area contributed by atoms with Crippen molar-refractivity contribution in [3.63, 3.8) is 0 Å². The van der Waals surface area contributed by atoms with Gasteiger partial charge >= 0.3 is 0 Å². The summed E-state index contributed by atoms with van der Waals surface area (Å²) in [5.41, 5.74) is 16.3. The summed E-state index contributed by atoms with van der Waals surface area (Å²) < 4.78 is 2.24. The van der Waals surface area contributed by atoms with Gasteiger partial charge in [0.15, 0.2) is 11.6 Å². The average molecular weight is 713 g/mol. The maximum Gasteiger partial charge on any atom is 0.238 e. The topological polar surface area (TPSA) is 43.6 Å². The van der Waals surface area contributed by atoms with Crippen LogP contribution in [-0.4, -0.2) is 19.5 Å². The second kappa shape index (κ2) is 11.8. The lowest BCUT2D eigenvalue weighted by molar-refractivity contribution is 0.794. The average Bonchev–Trinajstić information content (AvgIpc) is 3.88. The van der Waals surface area contributed by atoms with Crippen molar-refractivity contribution in [3.8, 4) is 62.1 Å². The van der Waals surface area contributed by atoms with Gasteiger partial charge in [0.1, 0.15) is 0 Å². The maximum atomic E-state index is 5.22. The van der Waals surface area contributed by atoms with Crippen LogP contribution in [0.1, 0.15) is 22.3 Å². The largest absolute Gasteiger partial charge is 0.278 e. The highest BCUT2D eigenvalue weighted by molar-refractivity contribution is 6.18. The van der Waals surface area contributed by atoms with Gasteiger partial charge in [-0.1, -0.05) is 176 Å². The van der Waals surface area contributed by atoms with Crippen molar-refractivity contribution in [2.24, 2.45) is 0 Å². The summed E-state index contributed by atoms with van der Waals surface area (Å²) >= 11 is 0. The molecule has 10 aromatic rings. The number of nitrogens with zero attached hydrogens (tertiary/aromatic N) is 4. The van der Waals surface area contributed by atoms with Crippen molar-refractivity contribution in [2.45, 2.75) is 5.41 Å². The molecule has 2 aliphatic rings. The Morgan fingerprint density at radius 2 is 0.911 bits per heavy atom. The van der Waals surface area contributed by atoms with Crippen molar-refractivity contribution >= 4 is 21.8 Å². The van der Waals surface area contributed by atoms with Gasteiger partial charge in [0, 0.05) is 21.9 Å². The molecule has 0 radical (unpaired) electrons. The predicted molar refractivity (Wildman–Crippen MR) is 227 cm³/mol. The Labute approximate surface area is 324 Å². The van der Waals surface area contributed by atoms with Crippen LogP contribution in [0.5, 0.6) is 0 Å². The molecule has 2 heterocycles. The Hall–Kier alpha value is -7.43. The number of hydrogen-bond acceptors (Lipinski definition) is 3. The zero-order valence-corrected chi connectivity index (χ0v) is 30.3. The maximum absolute atomic E-state index is 5.22. The number of benzene rings is 8. The van der Waals surface area contributed by atoms with Gasteiger partial charge in [-0.2, -0.15) is 9.97 Å². The third kappa shape index (κ3) is 4.21. The second-order valence-corrected chi connectivity index (χ2v) is 14.7. The van der Waals surface area contributed by atoms with Gasteiger partial charge in [-0.15, -0.1) is 0 Å². The van der Waals surface area contributed by atoms with Gasteiger partial charge < -0.3 is 0 Å². The third-order valence-corrected chi connectivity index (χ3v) is 11.9. The van der Waals surface area contributed by atoms with Gasteiger partial charge in [0.05, 0.1) is 16.4 Å². The number of para-hydroxylation sites is 1. The molecule has 260 valence electrons. The molecule has 0 bridgehead atoms. The van der Waals surface area contributed by atoms with Crippen LogP contribution in [0, 0.1) is 0 Å². The fourth-order valence-electron chi connectivity index (χ4n) is 9.61. The van der Waals surface area contributed by atoms with Crippen LogP contribution in [0.4, 0.5) is 0 Å². The summed E-state index contributed by atoms with van der Waals surface area (Å²) in [5, 5.41) is 2.37. The van der Waals surface area contributed by atoms with Crippen LogP contribution in [0.3, 0.4) is 0 Å². The highest BCUT2D eigenvalue weighted by atomic mass is 15.2. The molecule has 0 amide bonds. The Morgan fingerprint density at radius 1 is 0.357 bits per heavy atom. The van der Waals surface area contributed by atoms with Gasteiger partial charge in [-0.25, -0.2) is 4.98 Å². The van der Waals surface area contributed by atoms with E-state index >= 15 is 0 Å². The lowest BCUT2D eigenvalue weighted by atomic mass is 9.70. The number of hydrogen-bond donors (Lipinski definition) is 0. The van der Waals surface area contributed by atoms with E-state index < -0.39 is 5.41 Å². The first-order valence-electron chi connectivity index (χ1n) is 19.1. The van der Waals surface area contributed by atoms with E-state index in [2.05, 4.69) is 162 Å². The normalized spacial score (nSPS) is 14.9. The Balaban J connectivity index is 1.18. The summed E-state index contributed by atoms with van der Waals surface area (Å²) in [6.45, 7) is 0.